The summed E-state index contributed by atoms with van der Waals surface area (Å²) >= 11 is 12.7. The Balaban J connectivity index is 1.24. The van der Waals surface area contributed by atoms with Crippen molar-refractivity contribution in [3.05, 3.63) is 87.4 Å². The van der Waals surface area contributed by atoms with Gasteiger partial charge in [0.1, 0.15) is 6.33 Å². The average molecular weight is 567 g/mol. The highest BCUT2D eigenvalue weighted by atomic mass is 35.5. The Hall–Kier alpha value is -2.67. The van der Waals surface area contributed by atoms with E-state index in [9.17, 15) is 4.79 Å². The van der Waals surface area contributed by atoms with Gasteiger partial charge < -0.3 is 9.80 Å². The zero-order chi connectivity index (χ0) is 27.6. The largest absolute Gasteiger partial charge is 0.364 e. The molecule has 1 aromatic heterocycles. The number of carbonyl (C=O) groups is 1. The van der Waals surface area contributed by atoms with Gasteiger partial charge >= 0.3 is 0 Å². The standard InChI is InChI=1S/C31H37Cl2N5O/c1-22-29(23(2)35-21-34-22)30(39)36-17-13-31(3,14-18-36)37-15-11-25(12-16-37)38(20-24-7-5-4-6-8-24)26-9-10-27(32)28(33)19-26/h4-10,19,21,25H,11-18,20H2,1-3H3. The number of piperidine rings is 2. The molecule has 206 valence electrons. The van der Waals surface area contributed by atoms with Crippen LogP contribution >= 0.6 is 23.2 Å². The van der Waals surface area contributed by atoms with Crippen LogP contribution in [0.4, 0.5) is 5.69 Å². The van der Waals surface area contributed by atoms with Gasteiger partial charge in [-0.25, -0.2) is 9.97 Å². The second-order valence-corrected chi connectivity index (χ2v) is 12.0. The third-order valence-electron chi connectivity index (χ3n) is 8.67. The number of halogens is 2. The van der Waals surface area contributed by atoms with E-state index < -0.39 is 0 Å². The zero-order valence-electron chi connectivity index (χ0n) is 23.0. The van der Waals surface area contributed by atoms with Crippen molar-refractivity contribution in [2.75, 3.05) is 31.1 Å². The number of aromatic nitrogens is 2. The van der Waals surface area contributed by atoms with Crippen LogP contribution in [0.25, 0.3) is 0 Å². The minimum absolute atomic E-state index is 0.0598. The highest BCUT2D eigenvalue weighted by Crippen LogP contribution is 2.35. The molecule has 0 spiro atoms. The first-order valence-corrected chi connectivity index (χ1v) is 14.6. The number of nitrogens with zero attached hydrogens (tertiary/aromatic N) is 5. The second kappa shape index (κ2) is 11.8. The van der Waals surface area contributed by atoms with E-state index in [2.05, 4.69) is 63.1 Å². The Morgan fingerprint density at radius 2 is 1.59 bits per heavy atom. The van der Waals surface area contributed by atoms with Crippen LogP contribution < -0.4 is 4.90 Å². The molecule has 39 heavy (non-hydrogen) atoms. The zero-order valence-corrected chi connectivity index (χ0v) is 24.5. The number of carbonyl (C=O) groups excluding carboxylic acids is 1. The van der Waals surface area contributed by atoms with E-state index in [1.807, 2.05) is 30.9 Å². The van der Waals surface area contributed by atoms with Gasteiger partial charge in [-0.1, -0.05) is 53.5 Å². The molecule has 0 unspecified atom stereocenters. The van der Waals surface area contributed by atoms with Crippen molar-refractivity contribution >= 4 is 34.8 Å². The average Bonchev–Trinajstić information content (AvgIpc) is 2.94. The summed E-state index contributed by atoms with van der Waals surface area (Å²) in [6, 6.07) is 17.0. The van der Waals surface area contributed by atoms with E-state index in [0.29, 0.717) is 21.7 Å². The summed E-state index contributed by atoms with van der Waals surface area (Å²) in [6.07, 6.45) is 5.61. The molecule has 2 saturated heterocycles. The molecular weight excluding hydrogens is 529 g/mol. The molecule has 2 aliphatic heterocycles. The number of hydrogen-bond acceptors (Lipinski definition) is 5. The molecule has 5 rings (SSSR count). The maximum Gasteiger partial charge on any atom is 0.257 e. The molecular formula is C31H37Cl2N5O. The van der Waals surface area contributed by atoms with Gasteiger partial charge in [0, 0.05) is 50.0 Å². The van der Waals surface area contributed by atoms with E-state index in [4.69, 9.17) is 23.2 Å². The highest BCUT2D eigenvalue weighted by Gasteiger charge is 2.39. The predicted molar refractivity (Wildman–Crippen MR) is 159 cm³/mol. The highest BCUT2D eigenvalue weighted by molar-refractivity contribution is 6.42. The smallest absolute Gasteiger partial charge is 0.257 e. The van der Waals surface area contributed by atoms with Crippen molar-refractivity contribution in [1.29, 1.82) is 0 Å². The van der Waals surface area contributed by atoms with Crippen molar-refractivity contribution in [3.8, 4) is 0 Å². The minimum atomic E-state index is 0.0598. The first-order valence-electron chi connectivity index (χ1n) is 13.8. The Morgan fingerprint density at radius 1 is 0.949 bits per heavy atom. The first kappa shape index (κ1) is 27.9. The van der Waals surface area contributed by atoms with Gasteiger partial charge in [0.15, 0.2) is 0 Å². The number of amides is 1. The maximum absolute atomic E-state index is 13.3. The number of rotatable bonds is 6. The van der Waals surface area contributed by atoms with Gasteiger partial charge in [-0.2, -0.15) is 0 Å². The third kappa shape index (κ3) is 6.08. The normalized spacial score (nSPS) is 18.2. The Morgan fingerprint density at radius 3 is 2.21 bits per heavy atom. The fourth-order valence-electron chi connectivity index (χ4n) is 6.16. The fourth-order valence-corrected chi connectivity index (χ4v) is 6.45. The molecule has 2 fully saturated rings. The molecule has 0 N–H and O–H groups in total. The van der Waals surface area contributed by atoms with E-state index in [1.54, 1.807) is 0 Å². The van der Waals surface area contributed by atoms with Gasteiger partial charge in [-0.3, -0.25) is 9.69 Å². The number of aryl methyl sites for hydroxylation is 2. The van der Waals surface area contributed by atoms with Gasteiger partial charge in [-0.15, -0.1) is 0 Å². The van der Waals surface area contributed by atoms with Crippen LogP contribution in [0, 0.1) is 13.8 Å². The molecule has 0 atom stereocenters. The quantitative estimate of drug-likeness (QED) is 0.338. The Labute approximate surface area is 241 Å². The van der Waals surface area contributed by atoms with Gasteiger partial charge in [-0.05, 0) is 70.2 Å². The number of likely N-dealkylation sites (tertiary alicyclic amines) is 2. The fraction of sp³-hybridized carbons (Fsp3) is 0.452. The van der Waals surface area contributed by atoms with Crippen LogP contribution in [0.3, 0.4) is 0 Å². The lowest BCUT2D eigenvalue weighted by Crippen LogP contribution is -2.58. The summed E-state index contributed by atoms with van der Waals surface area (Å²) in [5.74, 6) is 0.0598. The molecule has 1 amide bonds. The van der Waals surface area contributed by atoms with Gasteiger partial charge in [0.2, 0.25) is 0 Å². The van der Waals surface area contributed by atoms with Crippen LogP contribution in [0.1, 0.15) is 59.9 Å². The molecule has 0 bridgehead atoms. The van der Waals surface area contributed by atoms with E-state index in [-0.39, 0.29) is 11.4 Å². The molecule has 3 aromatic rings. The topological polar surface area (TPSA) is 52.6 Å². The predicted octanol–water partition coefficient (Wildman–Crippen LogP) is 6.57. The van der Waals surface area contributed by atoms with E-state index in [0.717, 1.165) is 75.5 Å². The van der Waals surface area contributed by atoms with Crippen LogP contribution in [-0.2, 0) is 6.54 Å². The molecule has 8 heteroatoms. The first-order chi connectivity index (χ1) is 18.7. The van der Waals surface area contributed by atoms with Crippen molar-refractivity contribution in [2.24, 2.45) is 0 Å². The van der Waals surface area contributed by atoms with E-state index in [1.165, 1.54) is 11.9 Å². The van der Waals surface area contributed by atoms with Crippen molar-refractivity contribution in [1.82, 2.24) is 19.8 Å². The minimum Gasteiger partial charge on any atom is -0.364 e. The van der Waals surface area contributed by atoms with Crippen LogP contribution in [0.5, 0.6) is 0 Å². The molecule has 0 aliphatic carbocycles. The summed E-state index contributed by atoms with van der Waals surface area (Å²) in [5, 5.41) is 1.17. The molecule has 0 saturated carbocycles. The molecule has 0 radical (unpaired) electrons. The molecule has 6 nitrogen and oxygen atoms in total. The van der Waals surface area contributed by atoms with Gasteiger partial charge in [0.05, 0.1) is 27.0 Å². The SMILES string of the molecule is Cc1ncnc(C)c1C(=O)N1CCC(C)(N2CCC(N(Cc3ccccc3)c3ccc(Cl)c(Cl)c3)CC2)CC1. The Bertz CT molecular complexity index is 1280. The second-order valence-electron chi connectivity index (χ2n) is 11.1. The van der Waals surface area contributed by atoms with Crippen molar-refractivity contribution in [2.45, 2.75) is 64.6 Å². The monoisotopic (exact) mass is 565 g/mol. The molecule has 2 aromatic carbocycles. The summed E-state index contributed by atoms with van der Waals surface area (Å²) in [4.78, 5) is 28.9. The lowest BCUT2D eigenvalue weighted by Gasteiger charge is -2.50. The van der Waals surface area contributed by atoms with Crippen molar-refractivity contribution < 1.29 is 4.79 Å². The summed E-state index contributed by atoms with van der Waals surface area (Å²) in [5.41, 5.74) is 4.65. The summed E-state index contributed by atoms with van der Waals surface area (Å²) in [6.45, 7) is 10.6. The maximum atomic E-state index is 13.3. The van der Waals surface area contributed by atoms with Crippen LogP contribution in [0.2, 0.25) is 10.0 Å². The number of hydrogen-bond donors (Lipinski definition) is 0. The molecule has 2 aliphatic rings. The van der Waals surface area contributed by atoms with Gasteiger partial charge in [0.25, 0.3) is 5.91 Å². The van der Waals surface area contributed by atoms with Crippen LogP contribution in [0.15, 0.2) is 54.9 Å². The lowest BCUT2D eigenvalue weighted by atomic mass is 9.85. The number of benzene rings is 2. The van der Waals surface area contributed by atoms with Crippen LogP contribution in [-0.4, -0.2) is 63.4 Å². The third-order valence-corrected chi connectivity index (χ3v) is 9.41. The van der Waals surface area contributed by atoms with E-state index >= 15 is 0 Å². The Kier molecular flexibility index (Phi) is 8.46. The lowest BCUT2D eigenvalue weighted by molar-refractivity contribution is 0.0170. The summed E-state index contributed by atoms with van der Waals surface area (Å²) in [7, 11) is 0. The number of anilines is 1. The molecule has 3 heterocycles. The summed E-state index contributed by atoms with van der Waals surface area (Å²) < 4.78 is 0. The van der Waals surface area contributed by atoms with Crippen molar-refractivity contribution in [3.63, 3.8) is 0 Å².